The number of rotatable bonds is 9. The Hall–Kier alpha value is -1.10. The van der Waals surface area contributed by atoms with E-state index in [1.807, 2.05) is 7.05 Å². The number of hydrogen-bond donors (Lipinski definition) is 2. The van der Waals surface area contributed by atoms with Crippen molar-refractivity contribution in [3.63, 3.8) is 0 Å². The first-order valence-electron chi connectivity index (χ1n) is 11.7. The van der Waals surface area contributed by atoms with Crippen LogP contribution in [0.3, 0.4) is 0 Å². The molecular weight excluding hydrogens is 519 g/mol. The Balaban J connectivity index is 0.00000363. The van der Waals surface area contributed by atoms with Gasteiger partial charge in [0.15, 0.2) is 5.96 Å². The summed E-state index contributed by atoms with van der Waals surface area (Å²) in [6.45, 7) is 13.4. The zero-order chi connectivity index (χ0) is 22.1. The van der Waals surface area contributed by atoms with E-state index in [1.165, 1.54) is 5.56 Å². The Morgan fingerprint density at radius 1 is 1.22 bits per heavy atom. The first-order chi connectivity index (χ1) is 15.0. The van der Waals surface area contributed by atoms with Crippen molar-refractivity contribution < 1.29 is 14.2 Å². The van der Waals surface area contributed by atoms with Crippen LogP contribution in [-0.2, 0) is 16.0 Å². The van der Waals surface area contributed by atoms with Gasteiger partial charge in [0, 0.05) is 57.9 Å². The summed E-state index contributed by atoms with van der Waals surface area (Å²) in [5.74, 6) is 2.26. The summed E-state index contributed by atoms with van der Waals surface area (Å²) in [6, 6.07) is 6.38. The highest BCUT2D eigenvalue weighted by molar-refractivity contribution is 14.0. The molecule has 2 saturated heterocycles. The second-order valence-corrected chi connectivity index (χ2v) is 8.87. The van der Waals surface area contributed by atoms with Gasteiger partial charge >= 0.3 is 0 Å². The topological polar surface area (TPSA) is 67.4 Å². The maximum atomic E-state index is 6.15. The second-order valence-electron chi connectivity index (χ2n) is 8.87. The van der Waals surface area contributed by atoms with Gasteiger partial charge in [0.25, 0.3) is 0 Å². The van der Waals surface area contributed by atoms with Gasteiger partial charge < -0.3 is 24.8 Å². The normalized spacial score (nSPS) is 24.1. The molecule has 3 rings (SSSR count). The molecule has 2 aliphatic heterocycles. The number of aliphatic imine (C=N–C) groups is 1. The lowest BCUT2D eigenvalue weighted by Crippen LogP contribution is -2.46. The fourth-order valence-corrected chi connectivity index (χ4v) is 4.24. The van der Waals surface area contributed by atoms with Crippen molar-refractivity contribution in [2.24, 2.45) is 10.9 Å². The number of aryl methyl sites for hydroxylation is 1. The molecule has 0 bridgehead atoms. The molecule has 0 radical (unpaired) electrons. The SMILES string of the molecule is CN=C(NCCCN1CC(C)OC(C)C1)NCc1ccc(C)cc1OCC1CCOC1.I. The smallest absolute Gasteiger partial charge is 0.191 e. The Labute approximate surface area is 210 Å². The average Bonchev–Trinajstić information content (AvgIpc) is 3.25. The molecule has 0 amide bonds. The monoisotopic (exact) mass is 560 g/mol. The van der Waals surface area contributed by atoms with Crippen molar-refractivity contribution in [1.82, 2.24) is 15.5 Å². The first-order valence-corrected chi connectivity index (χ1v) is 11.7. The van der Waals surface area contributed by atoms with Crippen LogP contribution in [0, 0.1) is 12.8 Å². The van der Waals surface area contributed by atoms with Gasteiger partial charge in [-0.15, -0.1) is 24.0 Å². The van der Waals surface area contributed by atoms with Crippen LogP contribution >= 0.6 is 24.0 Å². The Morgan fingerprint density at radius 2 is 2.00 bits per heavy atom. The number of guanidine groups is 1. The molecule has 182 valence electrons. The van der Waals surface area contributed by atoms with Gasteiger partial charge in [-0.05, 0) is 45.2 Å². The first kappa shape index (κ1) is 27.1. The van der Waals surface area contributed by atoms with Crippen LogP contribution < -0.4 is 15.4 Å². The summed E-state index contributed by atoms with van der Waals surface area (Å²) in [5, 5.41) is 6.86. The predicted octanol–water partition coefficient (Wildman–Crippen LogP) is 3.19. The third-order valence-corrected chi connectivity index (χ3v) is 5.83. The lowest BCUT2D eigenvalue weighted by atomic mass is 10.1. The lowest BCUT2D eigenvalue weighted by molar-refractivity contribution is -0.0679. The highest BCUT2D eigenvalue weighted by Gasteiger charge is 2.21. The molecule has 3 atom stereocenters. The van der Waals surface area contributed by atoms with Crippen LogP contribution in [0.25, 0.3) is 0 Å². The summed E-state index contributed by atoms with van der Waals surface area (Å²) < 4.78 is 17.4. The van der Waals surface area contributed by atoms with Crippen molar-refractivity contribution in [1.29, 1.82) is 0 Å². The molecule has 2 heterocycles. The van der Waals surface area contributed by atoms with Gasteiger partial charge in [-0.2, -0.15) is 0 Å². The van der Waals surface area contributed by atoms with Gasteiger partial charge in [0.1, 0.15) is 5.75 Å². The maximum absolute atomic E-state index is 6.15. The average molecular weight is 561 g/mol. The fourth-order valence-electron chi connectivity index (χ4n) is 4.24. The minimum atomic E-state index is 0. The van der Waals surface area contributed by atoms with E-state index >= 15 is 0 Å². The zero-order valence-electron chi connectivity index (χ0n) is 20.1. The number of nitrogens with zero attached hydrogens (tertiary/aromatic N) is 2. The van der Waals surface area contributed by atoms with E-state index in [0.717, 1.165) is 69.5 Å². The zero-order valence-corrected chi connectivity index (χ0v) is 22.4. The molecule has 2 N–H and O–H groups in total. The third kappa shape index (κ3) is 9.03. The molecule has 2 aliphatic rings. The van der Waals surface area contributed by atoms with E-state index in [9.17, 15) is 0 Å². The van der Waals surface area contributed by atoms with E-state index in [0.29, 0.717) is 31.3 Å². The van der Waals surface area contributed by atoms with Crippen LogP contribution in [0.1, 0.15) is 37.8 Å². The molecular formula is C24H41IN4O3. The van der Waals surface area contributed by atoms with Crippen molar-refractivity contribution in [3.05, 3.63) is 29.3 Å². The molecule has 0 aromatic heterocycles. The van der Waals surface area contributed by atoms with Crippen LogP contribution in [0.2, 0.25) is 0 Å². The van der Waals surface area contributed by atoms with Crippen molar-refractivity contribution in [2.75, 3.05) is 53.0 Å². The van der Waals surface area contributed by atoms with Crippen LogP contribution in [-0.4, -0.2) is 76.1 Å². The summed E-state index contributed by atoms with van der Waals surface area (Å²) in [5.41, 5.74) is 2.35. The number of morpholine rings is 1. The largest absolute Gasteiger partial charge is 0.493 e. The number of hydrogen-bond acceptors (Lipinski definition) is 5. The summed E-state index contributed by atoms with van der Waals surface area (Å²) >= 11 is 0. The summed E-state index contributed by atoms with van der Waals surface area (Å²) in [7, 11) is 1.81. The third-order valence-electron chi connectivity index (χ3n) is 5.83. The molecule has 1 aromatic carbocycles. The second kappa shape index (κ2) is 14.2. The van der Waals surface area contributed by atoms with Gasteiger partial charge in [-0.3, -0.25) is 9.89 Å². The van der Waals surface area contributed by atoms with Crippen molar-refractivity contribution in [3.8, 4) is 5.75 Å². The number of benzene rings is 1. The van der Waals surface area contributed by atoms with E-state index in [-0.39, 0.29) is 24.0 Å². The van der Waals surface area contributed by atoms with Crippen molar-refractivity contribution >= 4 is 29.9 Å². The predicted molar refractivity (Wildman–Crippen MR) is 140 cm³/mol. The van der Waals surface area contributed by atoms with Crippen LogP contribution in [0.15, 0.2) is 23.2 Å². The highest BCUT2D eigenvalue weighted by atomic mass is 127. The Kier molecular flexibility index (Phi) is 12.1. The number of ether oxygens (including phenoxy) is 3. The Morgan fingerprint density at radius 3 is 2.69 bits per heavy atom. The lowest BCUT2D eigenvalue weighted by Gasteiger charge is -2.35. The van der Waals surface area contributed by atoms with Gasteiger partial charge in [-0.1, -0.05) is 12.1 Å². The number of halogens is 1. The molecule has 8 heteroatoms. The molecule has 7 nitrogen and oxygen atoms in total. The van der Waals surface area contributed by atoms with Gasteiger partial charge in [0.2, 0.25) is 0 Å². The van der Waals surface area contributed by atoms with E-state index in [4.69, 9.17) is 14.2 Å². The van der Waals surface area contributed by atoms with Gasteiger partial charge in [-0.25, -0.2) is 0 Å². The minimum Gasteiger partial charge on any atom is -0.493 e. The number of nitrogens with one attached hydrogen (secondary N) is 2. The molecule has 0 aliphatic carbocycles. The quantitative estimate of drug-likeness (QED) is 0.209. The summed E-state index contributed by atoms with van der Waals surface area (Å²) in [6.07, 6.45) is 2.79. The van der Waals surface area contributed by atoms with E-state index in [2.05, 4.69) is 59.5 Å². The maximum Gasteiger partial charge on any atom is 0.191 e. The van der Waals surface area contributed by atoms with E-state index < -0.39 is 0 Å². The highest BCUT2D eigenvalue weighted by Crippen LogP contribution is 2.22. The molecule has 1 aromatic rings. The van der Waals surface area contributed by atoms with E-state index in [1.54, 1.807) is 0 Å². The van der Waals surface area contributed by atoms with Crippen molar-refractivity contribution in [2.45, 2.75) is 52.4 Å². The standard InChI is InChI=1S/C24H40N4O3.HI/c1-18-6-7-22(23(12-18)30-17-21-8-11-29-16-21)13-27-24(25-4)26-9-5-10-28-14-19(2)31-20(3)15-28;/h6-7,12,19-21H,5,8-11,13-17H2,1-4H3,(H2,25,26,27);1H. The molecule has 0 spiro atoms. The minimum absolute atomic E-state index is 0. The van der Waals surface area contributed by atoms with Crippen LogP contribution in [0.4, 0.5) is 0 Å². The van der Waals surface area contributed by atoms with Gasteiger partial charge in [0.05, 0.1) is 25.4 Å². The Bertz CT molecular complexity index is 702. The molecule has 2 fully saturated rings. The summed E-state index contributed by atoms with van der Waals surface area (Å²) in [4.78, 5) is 6.86. The van der Waals surface area contributed by atoms with Crippen LogP contribution in [0.5, 0.6) is 5.75 Å². The molecule has 32 heavy (non-hydrogen) atoms. The molecule has 3 unspecified atom stereocenters. The molecule has 0 saturated carbocycles. The fraction of sp³-hybridized carbons (Fsp3) is 0.708.